The highest BCUT2D eigenvalue weighted by atomic mass is 16.6. The third-order valence-corrected chi connectivity index (χ3v) is 4.38. The lowest BCUT2D eigenvalue weighted by molar-refractivity contribution is -0.122. The fourth-order valence-electron chi connectivity index (χ4n) is 3.05. The lowest BCUT2D eigenvalue weighted by Gasteiger charge is -2.36. The van der Waals surface area contributed by atoms with Crippen LogP contribution in [-0.2, 0) is 16.0 Å². The van der Waals surface area contributed by atoms with Gasteiger partial charge in [-0.15, -0.1) is 0 Å². The van der Waals surface area contributed by atoms with Crippen molar-refractivity contribution in [2.24, 2.45) is 5.92 Å². The molecule has 0 saturated carbocycles. The third-order valence-electron chi connectivity index (χ3n) is 4.38. The lowest BCUT2D eigenvalue weighted by Crippen LogP contribution is -2.49. The van der Waals surface area contributed by atoms with Crippen LogP contribution in [0.25, 0.3) is 0 Å². The molecule has 2 heterocycles. The SMILES string of the molecule is C[C@H](NC(=O)CCc1ccco1)[C@H]1CCCN(C(=O)OC(C)(C)C)C1. The van der Waals surface area contributed by atoms with Crippen LogP contribution in [0.4, 0.5) is 4.79 Å². The maximum absolute atomic E-state index is 12.2. The summed E-state index contributed by atoms with van der Waals surface area (Å²) in [4.78, 5) is 26.1. The zero-order chi connectivity index (χ0) is 18.4. The molecule has 1 fully saturated rings. The molecular weight excluding hydrogens is 320 g/mol. The molecule has 1 aromatic rings. The van der Waals surface area contributed by atoms with Crippen molar-refractivity contribution in [3.8, 4) is 0 Å². The number of rotatable bonds is 5. The van der Waals surface area contributed by atoms with Gasteiger partial charge in [0.05, 0.1) is 6.26 Å². The van der Waals surface area contributed by atoms with Gasteiger partial charge < -0.3 is 19.4 Å². The normalized spacial score (nSPS) is 19.4. The topological polar surface area (TPSA) is 71.8 Å². The number of hydrogen-bond donors (Lipinski definition) is 1. The molecule has 0 aromatic carbocycles. The average molecular weight is 350 g/mol. The van der Waals surface area contributed by atoms with Gasteiger partial charge in [0.2, 0.25) is 5.91 Å². The summed E-state index contributed by atoms with van der Waals surface area (Å²) in [5.41, 5.74) is -0.490. The summed E-state index contributed by atoms with van der Waals surface area (Å²) in [6, 6.07) is 3.72. The molecule has 2 rings (SSSR count). The Morgan fingerprint density at radius 1 is 1.44 bits per heavy atom. The molecule has 1 aromatic heterocycles. The Morgan fingerprint density at radius 3 is 2.84 bits per heavy atom. The van der Waals surface area contributed by atoms with E-state index in [1.54, 1.807) is 11.2 Å². The number of likely N-dealkylation sites (tertiary alicyclic amines) is 1. The number of aryl methyl sites for hydroxylation is 1. The minimum absolute atomic E-state index is 0.0123. The van der Waals surface area contributed by atoms with Crippen molar-refractivity contribution in [2.45, 2.75) is 65.0 Å². The summed E-state index contributed by atoms with van der Waals surface area (Å²) < 4.78 is 10.7. The van der Waals surface area contributed by atoms with Crippen molar-refractivity contribution in [1.82, 2.24) is 10.2 Å². The lowest BCUT2D eigenvalue weighted by atomic mass is 9.91. The molecule has 140 valence electrons. The second-order valence-electron chi connectivity index (χ2n) is 7.76. The first kappa shape index (κ1) is 19.3. The number of carbonyl (C=O) groups excluding carboxylic acids is 2. The van der Waals surface area contributed by atoms with Crippen LogP contribution in [0.15, 0.2) is 22.8 Å². The molecule has 0 aliphatic carbocycles. The van der Waals surface area contributed by atoms with E-state index in [0.717, 1.165) is 18.6 Å². The molecular formula is C19H30N2O4. The van der Waals surface area contributed by atoms with Crippen molar-refractivity contribution in [3.63, 3.8) is 0 Å². The number of nitrogens with one attached hydrogen (secondary N) is 1. The van der Waals surface area contributed by atoms with Crippen LogP contribution < -0.4 is 5.32 Å². The van der Waals surface area contributed by atoms with Gasteiger partial charge in [-0.3, -0.25) is 4.79 Å². The van der Waals surface area contributed by atoms with Crippen molar-refractivity contribution >= 4 is 12.0 Å². The monoisotopic (exact) mass is 350 g/mol. The number of nitrogens with zero attached hydrogens (tertiary/aromatic N) is 1. The summed E-state index contributed by atoms with van der Waals surface area (Å²) in [5.74, 6) is 1.07. The second kappa shape index (κ2) is 8.41. The van der Waals surface area contributed by atoms with Crippen LogP contribution >= 0.6 is 0 Å². The zero-order valence-electron chi connectivity index (χ0n) is 15.7. The number of amides is 2. The Bertz CT molecular complexity index is 562. The molecule has 1 saturated heterocycles. The van der Waals surface area contributed by atoms with Gasteiger partial charge in [-0.05, 0) is 58.6 Å². The van der Waals surface area contributed by atoms with Crippen molar-refractivity contribution < 1.29 is 18.7 Å². The van der Waals surface area contributed by atoms with E-state index >= 15 is 0 Å². The van der Waals surface area contributed by atoms with Crippen LogP contribution in [0.5, 0.6) is 0 Å². The highest BCUT2D eigenvalue weighted by Crippen LogP contribution is 2.22. The molecule has 6 nitrogen and oxygen atoms in total. The maximum atomic E-state index is 12.2. The van der Waals surface area contributed by atoms with Gasteiger partial charge in [0, 0.05) is 32.0 Å². The highest BCUT2D eigenvalue weighted by molar-refractivity contribution is 5.76. The molecule has 0 unspecified atom stereocenters. The largest absolute Gasteiger partial charge is 0.469 e. The molecule has 1 aliphatic rings. The van der Waals surface area contributed by atoms with Crippen LogP contribution in [0.1, 0.15) is 52.7 Å². The summed E-state index contributed by atoms with van der Waals surface area (Å²) >= 11 is 0. The van der Waals surface area contributed by atoms with Gasteiger partial charge >= 0.3 is 6.09 Å². The van der Waals surface area contributed by atoms with E-state index in [-0.39, 0.29) is 24.0 Å². The van der Waals surface area contributed by atoms with E-state index in [1.165, 1.54) is 0 Å². The minimum atomic E-state index is -0.490. The van der Waals surface area contributed by atoms with Gasteiger partial charge in [0.25, 0.3) is 0 Å². The van der Waals surface area contributed by atoms with Crippen LogP contribution in [0.2, 0.25) is 0 Å². The maximum Gasteiger partial charge on any atom is 0.410 e. The summed E-state index contributed by atoms with van der Waals surface area (Å²) in [6.07, 6.45) is 4.27. The fourth-order valence-corrected chi connectivity index (χ4v) is 3.05. The predicted octanol–water partition coefficient (Wildman–Crippen LogP) is 3.36. The predicted molar refractivity (Wildman–Crippen MR) is 95.2 cm³/mol. The summed E-state index contributed by atoms with van der Waals surface area (Å²) in [7, 11) is 0. The van der Waals surface area contributed by atoms with Gasteiger partial charge in [0.1, 0.15) is 11.4 Å². The molecule has 2 amide bonds. The molecule has 1 N–H and O–H groups in total. The van der Waals surface area contributed by atoms with E-state index in [2.05, 4.69) is 5.32 Å². The molecule has 0 radical (unpaired) electrons. The Morgan fingerprint density at radius 2 is 2.20 bits per heavy atom. The Balaban J connectivity index is 1.79. The number of furan rings is 1. The smallest absolute Gasteiger partial charge is 0.410 e. The average Bonchev–Trinajstić information content (AvgIpc) is 3.05. The van der Waals surface area contributed by atoms with E-state index in [4.69, 9.17) is 9.15 Å². The summed E-state index contributed by atoms with van der Waals surface area (Å²) in [5, 5.41) is 3.06. The van der Waals surface area contributed by atoms with Crippen molar-refractivity contribution in [2.75, 3.05) is 13.1 Å². The second-order valence-corrected chi connectivity index (χ2v) is 7.76. The quantitative estimate of drug-likeness (QED) is 0.884. The van der Waals surface area contributed by atoms with E-state index in [1.807, 2.05) is 39.8 Å². The fraction of sp³-hybridized carbons (Fsp3) is 0.684. The van der Waals surface area contributed by atoms with E-state index in [0.29, 0.717) is 25.9 Å². The van der Waals surface area contributed by atoms with Gasteiger partial charge in [-0.2, -0.15) is 0 Å². The standard InChI is InChI=1S/C19H30N2O4/c1-14(20-17(22)10-9-16-8-6-12-24-16)15-7-5-11-21(13-15)18(23)25-19(2,3)4/h6,8,12,14-15H,5,7,9-11,13H2,1-4H3,(H,20,22)/t14-,15-/m0/s1. The highest BCUT2D eigenvalue weighted by Gasteiger charge is 2.30. The first-order valence-corrected chi connectivity index (χ1v) is 9.04. The van der Waals surface area contributed by atoms with Crippen LogP contribution in [-0.4, -0.2) is 41.6 Å². The molecule has 2 atom stereocenters. The number of ether oxygens (including phenoxy) is 1. The van der Waals surface area contributed by atoms with E-state index < -0.39 is 5.60 Å². The van der Waals surface area contributed by atoms with Gasteiger partial charge in [-0.25, -0.2) is 4.79 Å². The Kier molecular flexibility index (Phi) is 6.51. The molecule has 1 aliphatic heterocycles. The molecule has 6 heteroatoms. The Hall–Kier alpha value is -1.98. The molecule has 0 bridgehead atoms. The Labute approximate surface area is 149 Å². The van der Waals surface area contributed by atoms with Crippen molar-refractivity contribution in [3.05, 3.63) is 24.2 Å². The number of carbonyl (C=O) groups is 2. The first-order valence-electron chi connectivity index (χ1n) is 9.04. The van der Waals surface area contributed by atoms with Gasteiger partial charge in [-0.1, -0.05) is 0 Å². The number of piperidine rings is 1. The molecule has 25 heavy (non-hydrogen) atoms. The van der Waals surface area contributed by atoms with E-state index in [9.17, 15) is 9.59 Å². The first-order chi connectivity index (χ1) is 11.7. The molecule has 0 spiro atoms. The van der Waals surface area contributed by atoms with Gasteiger partial charge in [0.15, 0.2) is 0 Å². The van der Waals surface area contributed by atoms with Crippen LogP contribution in [0.3, 0.4) is 0 Å². The van der Waals surface area contributed by atoms with Crippen LogP contribution in [0, 0.1) is 5.92 Å². The van der Waals surface area contributed by atoms with Crippen molar-refractivity contribution in [1.29, 1.82) is 0 Å². The zero-order valence-corrected chi connectivity index (χ0v) is 15.7. The minimum Gasteiger partial charge on any atom is -0.469 e. The third kappa shape index (κ3) is 6.44. The summed E-state index contributed by atoms with van der Waals surface area (Å²) in [6.45, 7) is 8.95. The number of hydrogen-bond acceptors (Lipinski definition) is 4.